The number of aliphatic carboxylic acids is 1. The molecule has 1 rings (SSSR count). The number of nitrogens with zero attached hydrogens (tertiary/aromatic N) is 4. The van der Waals surface area contributed by atoms with Crippen molar-refractivity contribution in [3.63, 3.8) is 0 Å². The Morgan fingerprint density at radius 3 is 1.23 bits per heavy atom. The van der Waals surface area contributed by atoms with Crippen LogP contribution in [0.5, 0.6) is 0 Å². The quantitative estimate of drug-likeness (QED) is 0.0546. The van der Waals surface area contributed by atoms with E-state index in [1.165, 1.54) is 0 Å². The summed E-state index contributed by atoms with van der Waals surface area (Å²) in [5.41, 5.74) is -2.98. The molecule has 1 fully saturated rings. The molecule has 3 amide bonds. The molecule has 69 heavy (non-hydrogen) atoms. The van der Waals surface area contributed by atoms with E-state index < -0.39 is 64.3 Å². The standard InChI is InChI=1S/C47H87N7O15/c1-44(2,3)66-39(58)33-51-19-21-52(34-40(59)67-45(4,5)6)23-25-54(26-24-53(22-20-51)35-41(60)68-46(7,8)9)36(42(61)69-47(10,11)12)13-14-37(55)48-16-17-49-43(62)50-18-28-64-30-32-65-31-29-63-27-15-38(56)57/h36H,13-35H2,1-12H3,(H,48,55)(H,56,57)(H2,49,50,62)/t36-/m1/s1. The van der Waals surface area contributed by atoms with E-state index in [0.717, 1.165) is 0 Å². The van der Waals surface area contributed by atoms with Gasteiger partial charge in [-0.3, -0.25) is 48.4 Å². The van der Waals surface area contributed by atoms with Crippen LogP contribution in [0.2, 0.25) is 0 Å². The molecule has 0 aromatic rings. The molecule has 0 bridgehead atoms. The average molecular weight is 990 g/mol. The summed E-state index contributed by atoms with van der Waals surface area (Å²) in [6.45, 7) is 26.0. The Kier molecular flexibility index (Phi) is 29.1. The number of hydrogen-bond donors (Lipinski definition) is 4. The fraction of sp³-hybridized carbons (Fsp3) is 0.851. The van der Waals surface area contributed by atoms with Gasteiger partial charge in [0, 0.05) is 78.4 Å². The van der Waals surface area contributed by atoms with Crippen LogP contribution in [-0.4, -0.2) is 226 Å². The summed E-state index contributed by atoms with van der Waals surface area (Å²) >= 11 is 0. The molecule has 22 nitrogen and oxygen atoms in total. The zero-order valence-corrected chi connectivity index (χ0v) is 43.8. The topological polar surface area (TPSA) is 253 Å². The SMILES string of the molecule is CC(C)(C)OC(=O)CN1CCN(CC(=O)OC(C)(C)C)CCN([C@H](CCC(=O)NCCNC(=O)NCCOCCOCCOCCC(=O)O)C(=O)OC(C)(C)C)CCN(CC(=O)OC(C)(C)C)CC1. The molecule has 400 valence electrons. The monoisotopic (exact) mass is 990 g/mol. The number of esters is 4. The van der Waals surface area contributed by atoms with Gasteiger partial charge in [-0.2, -0.15) is 0 Å². The Morgan fingerprint density at radius 2 is 0.826 bits per heavy atom. The van der Waals surface area contributed by atoms with Gasteiger partial charge in [-0.05, 0) is 89.5 Å². The van der Waals surface area contributed by atoms with E-state index in [0.29, 0.717) is 59.1 Å². The molecule has 0 saturated carbocycles. The maximum atomic E-state index is 14.1. The highest BCUT2D eigenvalue weighted by Gasteiger charge is 2.33. The van der Waals surface area contributed by atoms with Gasteiger partial charge < -0.3 is 54.2 Å². The lowest BCUT2D eigenvalue weighted by Gasteiger charge is -2.37. The van der Waals surface area contributed by atoms with Crippen molar-refractivity contribution in [3.05, 3.63) is 0 Å². The average Bonchev–Trinajstić information content (AvgIpc) is 3.17. The lowest BCUT2D eigenvalue weighted by Crippen LogP contribution is -2.53. The van der Waals surface area contributed by atoms with Crippen LogP contribution >= 0.6 is 0 Å². The summed E-state index contributed by atoms with van der Waals surface area (Å²) in [6, 6.07) is -1.34. The van der Waals surface area contributed by atoms with Crippen LogP contribution < -0.4 is 16.0 Å². The second-order valence-corrected chi connectivity index (χ2v) is 20.7. The van der Waals surface area contributed by atoms with Crippen molar-refractivity contribution < 1.29 is 71.8 Å². The first kappa shape index (κ1) is 62.8. The van der Waals surface area contributed by atoms with Crippen molar-refractivity contribution in [1.82, 2.24) is 35.6 Å². The van der Waals surface area contributed by atoms with Crippen LogP contribution in [0.1, 0.15) is 102 Å². The van der Waals surface area contributed by atoms with E-state index in [-0.39, 0.29) is 97.3 Å². The van der Waals surface area contributed by atoms with Crippen LogP contribution in [0.25, 0.3) is 0 Å². The molecular weight excluding hydrogens is 903 g/mol. The molecule has 4 N–H and O–H groups in total. The maximum absolute atomic E-state index is 14.1. The number of carboxylic acids is 1. The predicted octanol–water partition coefficient (Wildman–Crippen LogP) is 1.66. The van der Waals surface area contributed by atoms with Gasteiger partial charge in [0.15, 0.2) is 0 Å². The number of amides is 3. The number of carbonyl (C=O) groups is 7. The van der Waals surface area contributed by atoms with Crippen LogP contribution in [0.4, 0.5) is 4.79 Å². The van der Waals surface area contributed by atoms with E-state index >= 15 is 0 Å². The largest absolute Gasteiger partial charge is 0.481 e. The normalized spacial score (nSPS) is 16.0. The Morgan fingerprint density at radius 1 is 0.464 bits per heavy atom. The molecule has 1 aliphatic heterocycles. The second kappa shape index (κ2) is 31.9. The maximum Gasteiger partial charge on any atom is 0.323 e. The van der Waals surface area contributed by atoms with E-state index in [2.05, 4.69) is 16.0 Å². The first-order valence-electron chi connectivity index (χ1n) is 24.0. The van der Waals surface area contributed by atoms with Crippen molar-refractivity contribution >= 4 is 41.8 Å². The molecule has 0 spiro atoms. The van der Waals surface area contributed by atoms with Crippen molar-refractivity contribution in [1.29, 1.82) is 0 Å². The molecule has 0 aromatic carbocycles. The molecule has 1 aliphatic rings. The Hall–Kier alpha value is -4.19. The molecule has 0 aliphatic carbocycles. The summed E-state index contributed by atoms with van der Waals surface area (Å²) < 4.78 is 38.9. The van der Waals surface area contributed by atoms with Crippen LogP contribution in [0, 0.1) is 0 Å². The lowest BCUT2D eigenvalue weighted by atomic mass is 10.1. The summed E-state index contributed by atoms with van der Waals surface area (Å²) in [4.78, 5) is 97.3. The van der Waals surface area contributed by atoms with E-state index in [1.807, 2.05) is 19.6 Å². The van der Waals surface area contributed by atoms with E-state index in [4.69, 9.17) is 38.3 Å². The third-order valence-electron chi connectivity index (χ3n) is 9.42. The van der Waals surface area contributed by atoms with Gasteiger partial charge in [-0.1, -0.05) is 0 Å². The number of nitrogens with one attached hydrogen (secondary N) is 3. The predicted molar refractivity (Wildman–Crippen MR) is 256 cm³/mol. The minimum Gasteiger partial charge on any atom is -0.481 e. The zero-order chi connectivity index (χ0) is 52.3. The first-order chi connectivity index (χ1) is 32.0. The van der Waals surface area contributed by atoms with Crippen LogP contribution in [-0.2, 0) is 61.9 Å². The van der Waals surface area contributed by atoms with Gasteiger partial charge in [0.05, 0.1) is 65.7 Å². The molecule has 0 radical (unpaired) electrons. The number of ether oxygens (including phenoxy) is 7. The van der Waals surface area contributed by atoms with Gasteiger partial charge in [-0.25, -0.2) is 4.79 Å². The minimum absolute atomic E-state index is 0.0114. The van der Waals surface area contributed by atoms with Crippen molar-refractivity contribution in [2.24, 2.45) is 0 Å². The van der Waals surface area contributed by atoms with Crippen LogP contribution in [0.15, 0.2) is 0 Å². The number of rotatable bonds is 26. The molecule has 1 atom stereocenters. The zero-order valence-electron chi connectivity index (χ0n) is 43.8. The Labute approximate surface area is 410 Å². The molecule has 1 heterocycles. The highest BCUT2D eigenvalue weighted by molar-refractivity contribution is 5.80. The Bertz CT molecular complexity index is 1530. The molecule has 1 saturated heterocycles. The fourth-order valence-corrected chi connectivity index (χ4v) is 6.56. The van der Waals surface area contributed by atoms with Crippen molar-refractivity contribution in [3.8, 4) is 0 Å². The van der Waals surface area contributed by atoms with Gasteiger partial charge >= 0.3 is 35.9 Å². The molecule has 0 unspecified atom stereocenters. The molecule has 0 aromatic heterocycles. The first-order valence-corrected chi connectivity index (χ1v) is 24.0. The fourth-order valence-electron chi connectivity index (χ4n) is 6.56. The number of hydrogen-bond acceptors (Lipinski definition) is 18. The van der Waals surface area contributed by atoms with Gasteiger partial charge in [0.2, 0.25) is 5.91 Å². The third kappa shape index (κ3) is 35.6. The summed E-state index contributed by atoms with van der Waals surface area (Å²) in [6.07, 6.45) is -0.0283. The van der Waals surface area contributed by atoms with E-state index in [1.54, 1.807) is 83.1 Å². The number of carboxylic acid groups (broad SMARTS) is 1. The molecular formula is C47H87N7O15. The summed E-state index contributed by atoms with van der Waals surface area (Å²) in [5.74, 6) is -3.06. The van der Waals surface area contributed by atoms with Gasteiger partial charge in [0.1, 0.15) is 28.4 Å². The smallest absolute Gasteiger partial charge is 0.323 e. The summed E-state index contributed by atoms with van der Waals surface area (Å²) in [7, 11) is 0. The second-order valence-electron chi connectivity index (χ2n) is 20.7. The molecule has 22 heteroatoms. The summed E-state index contributed by atoms with van der Waals surface area (Å²) in [5, 5.41) is 16.7. The number of urea groups is 1. The third-order valence-corrected chi connectivity index (χ3v) is 9.42. The van der Waals surface area contributed by atoms with E-state index in [9.17, 15) is 33.6 Å². The van der Waals surface area contributed by atoms with Gasteiger partial charge in [-0.15, -0.1) is 0 Å². The number of carbonyl (C=O) groups excluding carboxylic acids is 6. The van der Waals surface area contributed by atoms with Crippen LogP contribution in [0.3, 0.4) is 0 Å². The highest BCUT2D eigenvalue weighted by atomic mass is 16.6. The van der Waals surface area contributed by atoms with Crippen molar-refractivity contribution in [2.75, 3.05) is 131 Å². The minimum atomic E-state index is -0.925. The van der Waals surface area contributed by atoms with Crippen molar-refractivity contribution in [2.45, 2.75) is 131 Å². The highest BCUT2D eigenvalue weighted by Crippen LogP contribution is 2.18. The van der Waals surface area contributed by atoms with Gasteiger partial charge in [0.25, 0.3) is 0 Å². The Balaban J connectivity index is 3.10. The lowest BCUT2D eigenvalue weighted by molar-refractivity contribution is -0.163.